The third kappa shape index (κ3) is 3.72. The van der Waals surface area contributed by atoms with E-state index >= 15 is 0 Å². The summed E-state index contributed by atoms with van der Waals surface area (Å²) in [5, 5.41) is 18.8. The second-order valence-corrected chi connectivity index (χ2v) is 5.52. The predicted octanol–water partition coefficient (Wildman–Crippen LogP) is 1.63. The van der Waals surface area contributed by atoms with Crippen LogP contribution in [0.25, 0.3) is 0 Å². The SMILES string of the molecule is CC(CO)N(C)CC1(CO)CCCCCC1. The Hall–Kier alpha value is -0.120. The second-order valence-electron chi connectivity index (χ2n) is 5.52. The van der Waals surface area contributed by atoms with Gasteiger partial charge in [-0.1, -0.05) is 25.7 Å². The van der Waals surface area contributed by atoms with E-state index < -0.39 is 0 Å². The molecule has 2 N–H and O–H groups in total. The normalized spacial score (nSPS) is 23.1. The lowest BCUT2D eigenvalue weighted by Crippen LogP contribution is -2.43. The molecule has 1 aliphatic rings. The van der Waals surface area contributed by atoms with Crippen molar-refractivity contribution >= 4 is 0 Å². The molecule has 0 saturated heterocycles. The molecule has 0 aromatic rings. The summed E-state index contributed by atoms with van der Waals surface area (Å²) in [6, 6.07) is 0.187. The van der Waals surface area contributed by atoms with Crippen LogP contribution in [0.3, 0.4) is 0 Å². The molecule has 16 heavy (non-hydrogen) atoms. The third-order valence-corrected chi connectivity index (χ3v) is 4.10. The van der Waals surface area contributed by atoms with Gasteiger partial charge < -0.3 is 15.1 Å². The van der Waals surface area contributed by atoms with Crippen molar-refractivity contribution in [2.45, 2.75) is 51.5 Å². The molecule has 96 valence electrons. The van der Waals surface area contributed by atoms with E-state index in [9.17, 15) is 5.11 Å². The van der Waals surface area contributed by atoms with E-state index in [4.69, 9.17) is 5.11 Å². The van der Waals surface area contributed by atoms with Crippen LogP contribution in [0.1, 0.15) is 45.4 Å². The Balaban J connectivity index is 2.57. The van der Waals surface area contributed by atoms with Crippen LogP contribution in [0, 0.1) is 5.41 Å². The van der Waals surface area contributed by atoms with E-state index in [1.165, 1.54) is 25.7 Å². The van der Waals surface area contributed by atoms with E-state index in [-0.39, 0.29) is 24.7 Å². The molecule has 1 saturated carbocycles. The maximum atomic E-state index is 9.68. The van der Waals surface area contributed by atoms with E-state index in [0.717, 1.165) is 19.4 Å². The van der Waals surface area contributed by atoms with Gasteiger partial charge in [-0.05, 0) is 26.8 Å². The monoisotopic (exact) mass is 229 g/mol. The smallest absolute Gasteiger partial charge is 0.0584 e. The zero-order valence-electron chi connectivity index (χ0n) is 10.8. The van der Waals surface area contributed by atoms with Gasteiger partial charge in [0.1, 0.15) is 0 Å². The van der Waals surface area contributed by atoms with Crippen LogP contribution in [0.15, 0.2) is 0 Å². The maximum absolute atomic E-state index is 9.68. The third-order valence-electron chi connectivity index (χ3n) is 4.10. The van der Waals surface area contributed by atoms with Crippen molar-refractivity contribution in [2.75, 3.05) is 26.8 Å². The van der Waals surface area contributed by atoms with Gasteiger partial charge in [-0.3, -0.25) is 0 Å². The molecule has 3 nitrogen and oxygen atoms in total. The number of hydrogen-bond acceptors (Lipinski definition) is 3. The van der Waals surface area contributed by atoms with Gasteiger partial charge in [-0.15, -0.1) is 0 Å². The number of aliphatic hydroxyl groups is 2. The molecule has 0 radical (unpaired) electrons. The minimum absolute atomic E-state index is 0.0781. The lowest BCUT2D eigenvalue weighted by atomic mass is 9.80. The van der Waals surface area contributed by atoms with Crippen LogP contribution in [-0.4, -0.2) is 48.0 Å². The molecule has 0 heterocycles. The Morgan fingerprint density at radius 2 is 1.69 bits per heavy atom. The first-order valence-electron chi connectivity index (χ1n) is 6.55. The van der Waals surface area contributed by atoms with Crippen molar-refractivity contribution in [1.29, 1.82) is 0 Å². The Kier molecular flexibility index (Phi) is 5.73. The maximum Gasteiger partial charge on any atom is 0.0584 e. The van der Waals surface area contributed by atoms with Crippen molar-refractivity contribution in [3.8, 4) is 0 Å². The van der Waals surface area contributed by atoms with Gasteiger partial charge in [0.15, 0.2) is 0 Å². The van der Waals surface area contributed by atoms with Gasteiger partial charge in [0, 0.05) is 24.6 Å². The Labute approximate surface area is 99.5 Å². The first-order chi connectivity index (χ1) is 7.63. The summed E-state index contributed by atoms with van der Waals surface area (Å²) >= 11 is 0. The van der Waals surface area contributed by atoms with Crippen LogP contribution >= 0.6 is 0 Å². The molecule has 3 heteroatoms. The topological polar surface area (TPSA) is 43.7 Å². The largest absolute Gasteiger partial charge is 0.396 e. The van der Waals surface area contributed by atoms with Gasteiger partial charge >= 0.3 is 0 Å². The first kappa shape index (κ1) is 13.9. The summed E-state index contributed by atoms with van der Waals surface area (Å²) in [6.07, 6.45) is 7.35. The van der Waals surface area contributed by atoms with Gasteiger partial charge in [0.2, 0.25) is 0 Å². The fraction of sp³-hybridized carbons (Fsp3) is 1.00. The van der Waals surface area contributed by atoms with Crippen LogP contribution < -0.4 is 0 Å². The van der Waals surface area contributed by atoms with Gasteiger partial charge in [-0.2, -0.15) is 0 Å². The lowest BCUT2D eigenvalue weighted by Gasteiger charge is -2.37. The highest BCUT2D eigenvalue weighted by molar-refractivity contribution is 4.84. The predicted molar refractivity (Wildman–Crippen MR) is 66.4 cm³/mol. The summed E-state index contributed by atoms with van der Waals surface area (Å²) in [6.45, 7) is 3.42. The van der Waals surface area contributed by atoms with E-state index in [2.05, 4.69) is 4.90 Å². The van der Waals surface area contributed by atoms with Crippen molar-refractivity contribution in [3.63, 3.8) is 0 Å². The Bertz CT molecular complexity index is 188. The van der Waals surface area contributed by atoms with Crippen LogP contribution in [-0.2, 0) is 0 Å². The van der Waals surface area contributed by atoms with E-state index in [1.807, 2.05) is 14.0 Å². The number of aliphatic hydroxyl groups excluding tert-OH is 2. The molecular formula is C13H27NO2. The molecule has 0 spiro atoms. The highest BCUT2D eigenvalue weighted by Crippen LogP contribution is 2.35. The zero-order chi connectivity index (χ0) is 12.0. The number of hydrogen-bond donors (Lipinski definition) is 2. The molecular weight excluding hydrogens is 202 g/mol. The van der Waals surface area contributed by atoms with Gasteiger partial charge in [-0.25, -0.2) is 0 Å². The van der Waals surface area contributed by atoms with Crippen LogP contribution in [0.2, 0.25) is 0 Å². The molecule has 0 bridgehead atoms. The van der Waals surface area contributed by atoms with Crippen LogP contribution in [0.4, 0.5) is 0 Å². The summed E-state index contributed by atoms with van der Waals surface area (Å²) in [7, 11) is 2.04. The van der Waals surface area contributed by atoms with Crippen molar-refractivity contribution in [3.05, 3.63) is 0 Å². The molecule has 0 amide bonds. The quantitative estimate of drug-likeness (QED) is 0.704. The van der Waals surface area contributed by atoms with Crippen molar-refractivity contribution < 1.29 is 10.2 Å². The Morgan fingerprint density at radius 1 is 1.12 bits per heavy atom. The van der Waals surface area contributed by atoms with Crippen molar-refractivity contribution in [1.82, 2.24) is 4.90 Å². The molecule has 0 aromatic heterocycles. The molecule has 0 aromatic carbocycles. The minimum atomic E-state index is 0.0781. The standard InChI is InChI=1S/C13H27NO2/c1-12(9-15)14(2)10-13(11-16)7-5-3-4-6-8-13/h12,15-16H,3-11H2,1-2H3. The lowest BCUT2D eigenvalue weighted by molar-refractivity contribution is 0.0443. The van der Waals surface area contributed by atoms with Gasteiger partial charge in [0.25, 0.3) is 0 Å². The van der Waals surface area contributed by atoms with Gasteiger partial charge in [0.05, 0.1) is 6.61 Å². The number of rotatable bonds is 5. The highest BCUT2D eigenvalue weighted by Gasteiger charge is 2.32. The zero-order valence-corrected chi connectivity index (χ0v) is 10.8. The molecule has 1 atom stereocenters. The highest BCUT2D eigenvalue weighted by atomic mass is 16.3. The Morgan fingerprint density at radius 3 is 2.12 bits per heavy atom. The van der Waals surface area contributed by atoms with E-state index in [1.54, 1.807) is 0 Å². The molecule has 1 unspecified atom stereocenters. The molecule has 1 aliphatic carbocycles. The van der Waals surface area contributed by atoms with E-state index in [0.29, 0.717) is 0 Å². The average Bonchev–Trinajstić information content (AvgIpc) is 2.54. The van der Waals surface area contributed by atoms with Crippen LogP contribution in [0.5, 0.6) is 0 Å². The number of nitrogens with zero attached hydrogens (tertiary/aromatic N) is 1. The molecule has 1 rings (SSSR count). The fourth-order valence-electron chi connectivity index (χ4n) is 2.67. The summed E-state index contributed by atoms with van der Waals surface area (Å²) < 4.78 is 0. The second kappa shape index (κ2) is 6.58. The fourth-order valence-corrected chi connectivity index (χ4v) is 2.67. The minimum Gasteiger partial charge on any atom is -0.396 e. The summed E-state index contributed by atoms with van der Waals surface area (Å²) in [5.41, 5.74) is 0.0781. The van der Waals surface area contributed by atoms with Crippen molar-refractivity contribution in [2.24, 2.45) is 5.41 Å². The molecule has 1 fully saturated rings. The summed E-state index contributed by atoms with van der Waals surface area (Å²) in [4.78, 5) is 2.18. The average molecular weight is 229 g/mol. The number of likely N-dealkylation sites (N-methyl/N-ethyl adjacent to an activating group) is 1. The molecule has 0 aliphatic heterocycles. The first-order valence-corrected chi connectivity index (χ1v) is 6.55. The summed E-state index contributed by atoms with van der Waals surface area (Å²) in [5.74, 6) is 0.